The minimum Gasteiger partial charge on any atom is -0.494 e. The Labute approximate surface area is 166 Å². The molecule has 0 radical (unpaired) electrons. The maximum absolute atomic E-state index is 12.9. The first-order chi connectivity index (χ1) is 13.8. The minimum atomic E-state index is -4.49. The molecule has 0 bridgehead atoms. The number of nitrogens with zero attached hydrogens (tertiary/aromatic N) is 1. The van der Waals surface area contributed by atoms with Crippen LogP contribution in [0.3, 0.4) is 0 Å². The van der Waals surface area contributed by atoms with Crippen LogP contribution in [0.5, 0.6) is 5.75 Å². The third-order valence-corrected chi connectivity index (χ3v) is 4.66. The van der Waals surface area contributed by atoms with Crippen molar-refractivity contribution in [1.82, 2.24) is 5.32 Å². The van der Waals surface area contributed by atoms with Gasteiger partial charge < -0.3 is 15.0 Å². The normalized spacial score (nSPS) is 16.8. The van der Waals surface area contributed by atoms with Gasteiger partial charge in [0.25, 0.3) is 0 Å². The minimum absolute atomic E-state index is 0.0406. The van der Waals surface area contributed by atoms with Gasteiger partial charge in [-0.3, -0.25) is 9.59 Å². The van der Waals surface area contributed by atoms with E-state index in [4.69, 9.17) is 4.74 Å². The monoisotopic (exact) mass is 406 g/mol. The van der Waals surface area contributed by atoms with Gasteiger partial charge >= 0.3 is 6.18 Å². The highest BCUT2D eigenvalue weighted by Gasteiger charge is 2.36. The summed E-state index contributed by atoms with van der Waals surface area (Å²) in [6, 6.07) is 11.9. The van der Waals surface area contributed by atoms with E-state index < -0.39 is 17.7 Å². The fourth-order valence-corrected chi connectivity index (χ4v) is 3.23. The third kappa shape index (κ3) is 5.07. The number of alkyl halides is 3. The molecule has 2 aromatic rings. The van der Waals surface area contributed by atoms with Crippen molar-refractivity contribution < 1.29 is 27.5 Å². The number of amides is 2. The van der Waals surface area contributed by atoms with Gasteiger partial charge in [0.1, 0.15) is 5.75 Å². The second-order valence-corrected chi connectivity index (χ2v) is 6.75. The van der Waals surface area contributed by atoms with Crippen molar-refractivity contribution in [2.45, 2.75) is 26.1 Å². The van der Waals surface area contributed by atoms with Crippen molar-refractivity contribution in [2.75, 3.05) is 18.1 Å². The zero-order valence-corrected chi connectivity index (χ0v) is 15.8. The van der Waals surface area contributed by atoms with Gasteiger partial charge in [-0.2, -0.15) is 13.2 Å². The summed E-state index contributed by atoms with van der Waals surface area (Å²) >= 11 is 0. The Bertz CT molecular complexity index is 899. The van der Waals surface area contributed by atoms with Gasteiger partial charge in [0, 0.05) is 25.2 Å². The molecular weight excluding hydrogens is 385 g/mol. The lowest BCUT2D eigenvalue weighted by atomic mass is 10.1. The van der Waals surface area contributed by atoms with E-state index in [0.29, 0.717) is 12.4 Å². The molecule has 2 amide bonds. The first kappa shape index (κ1) is 20.7. The molecule has 2 aromatic carbocycles. The molecule has 0 spiro atoms. The highest BCUT2D eigenvalue weighted by Crippen LogP contribution is 2.33. The summed E-state index contributed by atoms with van der Waals surface area (Å²) in [7, 11) is 0. The van der Waals surface area contributed by atoms with Crippen LogP contribution in [0.1, 0.15) is 24.5 Å². The Morgan fingerprint density at radius 3 is 2.69 bits per heavy atom. The average molecular weight is 406 g/mol. The molecule has 154 valence electrons. The van der Waals surface area contributed by atoms with Crippen molar-refractivity contribution in [1.29, 1.82) is 0 Å². The number of hydrogen-bond donors (Lipinski definition) is 1. The Kier molecular flexibility index (Phi) is 6.10. The van der Waals surface area contributed by atoms with E-state index in [-0.39, 0.29) is 37.0 Å². The van der Waals surface area contributed by atoms with Gasteiger partial charge in [-0.05, 0) is 42.8 Å². The number of hydrogen-bond acceptors (Lipinski definition) is 3. The van der Waals surface area contributed by atoms with Crippen molar-refractivity contribution in [2.24, 2.45) is 5.92 Å². The number of anilines is 1. The molecule has 1 atom stereocenters. The van der Waals surface area contributed by atoms with Crippen LogP contribution in [0.4, 0.5) is 18.9 Å². The number of nitrogens with one attached hydrogen (secondary N) is 1. The van der Waals surface area contributed by atoms with Crippen LogP contribution in [-0.2, 0) is 22.3 Å². The number of ether oxygens (including phenoxy) is 1. The first-order valence-electron chi connectivity index (χ1n) is 9.25. The van der Waals surface area contributed by atoms with E-state index in [1.807, 2.05) is 31.2 Å². The van der Waals surface area contributed by atoms with Gasteiger partial charge in [0.15, 0.2) is 0 Å². The van der Waals surface area contributed by atoms with Crippen LogP contribution in [0, 0.1) is 5.92 Å². The predicted octanol–water partition coefficient (Wildman–Crippen LogP) is 3.77. The Morgan fingerprint density at radius 1 is 1.21 bits per heavy atom. The number of carbonyl (C=O) groups excluding carboxylic acids is 2. The van der Waals surface area contributed by atoms with Gasteiger partial charge in [0.05, 0.1) is 18.1 Å². The van der Waals surface area contributed by atoms with Crippen LogP contribution in [0.25, 0.3) is 0 Å². The largest absolute Gasteiger partial charge is 0.494 e. The van der Waals surface area contributed by atoms with Crippen LogP contribution >= 0.6 is 0 Å². The Hall–Kier alpha value is -3.03. The molecule has 5 nitrogen and oxygen atoms in total. The zero-order chi connectivity index (χ0) is 21.0. The molecule has 8 heteroatoms. The highest BCUT2D eigenvalue weighted by molar-refractivity contribution is 6.00. The smallest absolute Gasteiger partial charge is 0.416 e. The molecule has 0 aliphatic carbocycles. The first-order valence-corrected chi connectivity index (χ1v) is 9.25. The third-order valence-electron chi connectivity index (χ3n) is 4.66. The lowest BCUT2D eigenvalue weighted by Gasteiger charge is -2.18. The maximum Gasteiger partial charge on any atom is 0.416 e. The average Bonchev–Trinajstić information content (AvgIpc) is 3.08. The fraction of sp³-hybridized carbons (Fsp3) is 0.333. The molecule has 0 aromatic heterocycles. The number of halogens is 3. The van der Waals surface area contributed by atoms with Crippen LogP contribution < -0.4 is 15.0 Å². The van der Waals surface area contributed by atoms with E-state index in [1.54, 1.807) is 0 Å². The summed E-state index contributed by atoms with van der Waals surface area (Å²) in [5.41, 5.74) is 0.165. The summed E-state index contributed by atoms with van der Waals surface area (Å²) in [6.07, 6.45) is -4.54. The zero-order valence-electron chi connectivity index (χ0n) is 15.8. The Balaban J connectivity index is 1.63. The summed E-state index contributed by atoms with van der Waals surface area (Å²) < 4.78 is 44.2. The van der Waals surface area contributed by atoms with Crippen molar-refractivity contribution in [3.8, 4) is 5.75 Å². The van der Waals surface area contributed by atoms with Gasteiger partial charge in [0.2, 0.25) is 11.8 Å². The van der Waals surface area contributed by atoms with Gasteiger partial charge in [-0.1, -0.05) is 18.2 Å². The SMILES string of the molecule is CCOc1cccc(CNC(=O)C2CC(=O)N(c3cccc(C(F)(F)F)c3)C2)c1. The van der Waals surface area contributed by atoms with E-state index in [1.165, 1.54) is 17.0 Å². The van der Waals surface area contributed by atoms with Crippen molar-refractivity contribution in [3.63, 3.8) is 0 Å². The molecular formula is C21H21F3N2O3. The molecule has 1 unspecified atom stereocenters. The quantitative estimate of drug-likeness (QED) is 0.795. The molecule has 1 aliphatic heterocycles. The van der Waals surface area contributed by atoms with Crippen LogP contribution in [0.2, 0.25) is 0 Å². The molecule has 1 fully saturated rings. The molecule has 1 heterocycles. The second kappa shape index (κ2) is 8.55. The van der Waals surface area contributed by atoms with Gasteiger partial charge in [-0.15, -0.1) is 0 Å². The molecule has 1 saturated heterocycles. The molecule has 29 heavy (non-hydrogen) atoms. The van der Waals surface area contributed by atoms with Crippen LogP contribution in [0.15, 0.2) is 48.5 Å². The molecule has 1 N–H and O–H groups in total. The van der Waals surface area contributed by atoms with Crippen molar-refractivity contribution >= 4 is 17.5 Å². The summed E-state index contributed by atoms with van der Waals surface area (Å²) in [5.74, 6) is -0.601. The lowest BCUT2D eigenvalue weighted by molar-refractivity contribution is -0.137. The van der Waals surface area contributed by atoms with E-state index in [9.17, 15) is 22.8 Å². The molecule has 0 saturated carbocycles. The van der Waals surface area contributed by atoms with E-state index in [0.717, 1.165) is 17.7 Å². The lowest BCUT2D eigenvalue weighted by Crippen LogP contribution is -2.32. The van der Waals surface area contributed by atoms with Crippen molar-refractivity contribution in [3.05, 3.63) is 59.7 Å². The summed E-state index contributed by atoms with van der Waals surface area (Å²) in [4.78, 5) is 26.0. The number of benzene rings is 2. The Morgan fingerprint density at radius 2 is 1.97 bits per heavy atom. The van der Waals surface area contributed by atoms with Gasteiger partial charge in [-0.25, -0.2) is 0 Å². The molecule has 1 aliphatic rings. The summed E-state index contributed by atoms with van der Waals surface area (Å²) in [5, 5.41) is 2.79. The van der Waals surface area contributed by atoms with Crippen LogP contribution in [-0.4, -0.2) is 25.0 Å². The van der Waals surface area contributed by atoms with E-state index in [2.05, 4.69) is 5.32 Å². The number of rotatable bonds is 6. The van der Waals surface area contributed by atoms with E-state index >= 15 is 0 Å². The topological polar surface area (TPSA) is 58.6 Å². The predicted molar refractivity (Wildman–Crippen MR) is 101 cm³/mol. The fourth-order valence-electron chi connectivity index (χ4n) is 3.23. The summed E-state index contributed by atoms with van der Waals surface area (Å²) in [6.45, 7) is 2.73. The second-order valence-electron chi connectivity index (χ2n) is 6.75. The number of carbonyl (C=O) groups is 2. The maximum atomic E-state index is 12.9. The molecule has 3 rings (SSSR count). The highest BCUT2D eigenvalue weighted by atomic mass is 19.4. The standard InChI is InChI=1S/C21H21F3N2O3/c1-2-29-18-8-3-5-14(9-18)12-25-20(28)15-10-19(27)26(13-15)17-7-4-6-16(11-17)21(22,23)24/h3-9,11,15H,2,10,12-13H2,1H3,(H,25,28).